The lowest BCUT2D eigenvalue weighted by Gasteiger charge is -2.31. The molecular weight excluding hydrogens is 296 g/mol. The lowest BCUT2D eigenvalue weighted by atomic mass is 9.85. The molecule has 0 saturated carbocycles. The third-order valence-corrected chi connectivity index (χ3v) is 3.41. The van der Waals surface area contributed by atoms with Crippen LogP contribution in [0.1, 0.15) is 37.7 Å². The van der Waals surface area contributed by atoms with Crippen molar-refractivity contribution in [2.45, 2.75) is 33.2 Å². The van der Waals surface area contributed by atoms with Gasteiger partial charge < -0.3 is 15.0 Å². The van der Waals surface area contributed by atoms with E-state index in [4.69, 9.17) is 5.11 Å². The molecule has 0 aliphatic rings. The van der Waals surface area contributed by atoms with Crippen molar-refractivity contribution in [3.8, 4) is 0 Å². The molecule has 1 atom stereocenters. The number of carbonyl (C=O) groups excluding carboxylic acids is 1. The summed E-state index contributed by atoms with van der Waals surface area (Å²) in [5.41, 5.74) is 0.523. The van der Waals surface area contributed by atoms with Crippen molar-refractivity contribution in [2.24, 2.45) is 12.5 Å². The number of hydrogen-bond donors (Lipinski definition) is 2. The summed E-state index contributed by atoms with van der Waals surface area (Å²) in [4.78, 5) is 12.2. The second kappa shape index (κ2) is 5.89. The fourth-order valence-electron chi connectivity index (χ4n) is 1.83. The van der Waals surface area contributed by atoms with Crippen molar-refractivity contribution < 1.29 is 9.90 Å². The van der Waals surface area contributed by atoms with E-state index in [1.54, 1.807) is 10.6 Å². The Morgan fingerprint density at radius 2 is 2.17 bits per heavy atom. The van der Waals surface area contributed by atoms with Crippen LogP contribution in [0.15, 0.2) is 16.7 Å². The molecule has 0 spiro atoms. The number of aryl methyl sites for hydroxylation is 1. The average molecular weight is 317 g/mol. The summed E-state index contributed by atoms with van der Waals surface area (Å²) >= 11 is 3.35. The van der Waals surface area contributed by atoms with Crippen LogP contribution in [0.2, 0.25) is 0 Å². The molecule has 1 aromatic heterocycles. The Bertz CT molecular complexity index is 421. The zero-order chi connectivity index (χ0) is 13.9. The first-order valence-corrected chi connectivity index (χ1v) is 6.78. The van der Waals surface area contributed by atoms with E-state index in [1.807, 2.05) is 13.2 Å². The minimum atomic E-state index is -0.114. The van der Waals surface area contributed by atoms with Gasteiger partial charge in [0.2, 0.25) is 0 Å². The number of amides is 1. The summed E-state index contributed by atoms with van der Waals surface area (Å²) in [5.74, 6) is -0.114. The molecule has 4 nitrogen and oxygen atoms in total. The molecule has 5 heteroatoms. The molecular formula is C13H21BrN2O2. The SMILES string of the molecule is Cn1cc(Br)cc1C(=O)NC(CCO)C(C)(C)C. The minimum absolute atomic E-state index is 0.0522. The number of aromatic nitrogens is 1. The van der Waals surface area contributed by atoms with Crippen molar-refractivity contribution in [3.63, 3.8) is 0 Å². The smallest absolute Gasteiger partial charge is 0.268 e. The largest absolute Gasteiger partial charge is 0.396 e. The molecule has 0 aromatic carbocycles. The van der Waals surface area contributed by atoms with Crippen LogP contribution in [0.3, 0.4) is 0 Å². The molecule has 1 rings (SSSR count). The normalized spacial score (nSPS) is 13.4. The minimum Gasteiger partial charge on any atom is -0.396 e. The van der Waals surface area contributed by atoms with Crippen molar-refractivity contribution in [3.05, 3.63) is 22.4 Å². The van der Waals surface area contributed by atoms with Crippen LogP contribution >= 0.6 is 15.9 Å². The second-order valence-electron chi connectivity index (χ2n) is 5.56. The Balaban J connectivity index is 2.82. The van der Waals surface area contributed by atoms with Gasteiger partial charge in [-0.05, 0) is 33.8 Å². The van der Waals surface area contributed by atoms with Crippen molar-refractivity contribution in [1.82, 2.24) is 9.88 Å². The molecule has 18 heavy (non-hydrogen) atoms. The molecule has 0 fully saturated rings. The molecule has 1 aromatic rings. The highest BCUT2D eigenvalue weighted by Gasteiger charge is 2.26. The van der Waals surface area contributed by atoms with Gasteiger partial charge >= 0.3 is 0 Å². The molecule has 0 aliphatic heterocycles. The molecule has 1 amide bonds. The van der Waals surface area contributed by atoms with Crippen LogP contribution in [-0.2, 0) is 7.05 Å². The highest BCUT2D eigenvalue weighted by molar-refractivity contribution is 9.10. The standard InChI is InChI=1S/C13H21BrN2O2/c1-13(2,3)11(5-6-17)15-12(18)10-7-9(14)8-16(10)4/h7-8,11,17H,5-6H2,1-4H3,(H,15,18). The molecule has 1 heterocycles. The number of carbonyl (C=O) groups is 1. The monoisotopic (exact) mass is 316 g/mol. The number of aliphatic hydroxyl groups excluding tert-OH is 1. The Morgan fingerprint density at radius 3 is 2.56 bits per heavy atom. The van der Waals surface area contributed by atoms with Crippen LogP contribution in [0, 0.1) is 5.41 Å². The highest BCUT2D eigenvalue weighted by atomic mass is 79.9. The third kappa shape index (κ3) is 3.85. The number of aliphatic hydroxyl groups is 1. The average Bonchev–Trinajstić information content (AvgIpc) is 2.55. The van der Waals surface area contributed by atoms with Crippen LogP contribution in [0.4, 0.5) is 0 Å². The first-order chi connectivity index (χ1) is 8.25. The predicted octanol–water partition coefficient (Wildman–Crippen LogP) is 2.31. The number of rotatable bonds is 4. The summed E-state index contributed by atoms with van der Waals surface area (Å²) in [6, 6.07) is 1.73. The number of halogens is 1. The highest BCUT2D eigenvalue weighted by Crippen LogP contribution is 2.22. The van der Waals surface area contributed by atoms with Crippen molar-refractivity contribution in [1.29, 1.82) is 0 Å². The van der Waals surface area contributed by atoms with E-state index in [9.17, 15) is 4.79 Å². The third-order valence-electron chi connectivity index (χ3n) is 2.97. The van der Waals surface area contributed by atoms with Crippen LogP contribution in [-0.4, -0.2) is 28.2 Å². The van der Waals surface area contributed by atoms with E-state index in [-0.39, 0.29) is 24.0 Å². The second-order valence-corrected chi connectivity index (χ2v) is 6.47. The lowest BCUT2D eigenvalue weighted by Crippen LogP contribution is -2.44. The maximum absolute atomic E-state index is 12.2. The summed E-state index contributed by atoms with van der Waals surface area (Å²) in [5, 5.41) is 12.1. The van der Waals surface area contributed by atoms with Gasteiger partial charge in [-0.3, -0.25) is 4.79 Å². The van der Waals surface area contributed by atoms with Gasteiger partial charge in [0.15, 0.2) is 0 Å². The predicted molar refractivity (Wildman–Crippen MR) is 75.5 cm³/mol. The number of nitrogens with one attached hydrogen (secondary N) is 1. The van der Waals surface area contributed by atoms with E-state index in [0.717, 1.165) is 4.47 Å². The van der Waals surface area contributed by atoms with Crippen LogP contribution in [0.5, 0.6) is 0 Å². The van der Waals surface area contributed by atoms with Gasteiger partial charge in [-0.25, -0.2) is 0 Å². The summed E-state index contributed by atoms with van der Waals surface area (Å²) in [6.45, 7) is 6.22. The first kappa shape index (κ1) is 15.2. The summed E-state index contributed by atoms with van der Waals surface area (Å²) in [7, 11) is 1.83. The Hall–Kier alpha value is -0.810. The van der Waals surface area contributed by atoms with Gasteiger partial charge in [0.05, 0.1) is 0 Å². The summed E-state index contributed by atoms with van der Waals surface area (Å²) < 4.78 is 2.66. The number of hydrogen-bond acceptors (Lipinski definition) is 2. The molecule has 102 valence electrons. The maximum atomic E-state index is 12.2. The molecule has 2 N–H and O–H groups in total. The van der Waals surface area contributed by atoms with Gasteiger partial charge in [0, 0.05) is 30.4 Å². The van der Waals surface area contributed by atoms with E-state index in [2.05, 4.69) is 42.0 Å². The molecule has 0 aliphatic carbocycles. The fraction of sp³-hybridized carbons (Fsp3) is 0.615. The molecule has 0 radical (unpaired) electrons. The van der Waals surface area contributed by atoms with Crippen LogP contribution < -0.4 is 5.32 Å². The fourth-order valence-corrected chi connectivity index (χ4v) is 2.36. The quantitative estimate of drug-likeness (QED) is 0.895. The van der Waals surface area contributed by atoms with Crippen LogP contribution in [0.25, 0.3) is 0 Å². The van der Waals surface area contributed by atoms with Gasteiger partial charge in [-0.1, -0.05) is 20.8 Å². The Kier molecular flexibility index (Phi) is 4.99. The Labute approximate surface area is 117 Å². The molecule has 0 bridgehead atoms. The van der Waals surface area contributed by atoms with Crippen molar-refractivity contribution in [2.75, 3.05) is 6.61 Å². The van der Waals surface area contributed by atoms with E-state index in [1.165, 1.54) is 0 Å². The molecule has 1 unspecified atom stereocenters. The number of nitrogens with zero attached hydrogens (tertiary/aromatic N) is 1. The van der Waals surface area contributed by atoms with E-state index in [0.29, 0.717) is 12.1 Å². The zero-order valence-corrected chi connectivity index (χ0v) is 12.9. The summed E-state index contributed by atoms with van der Waals surface area (Å²) in [6.07, 6.45) is 2.40. The van der Waals surface area contributed by atoms with Gasteiger partial charge in [0.25, 0.3) is 5.91 Å². The van der Waals surface area contributed by atoms with Gasteiger partial charge in [0.1, 0.15) is 5.69 Å². The first-order valence-electron chi connectivity index (χ1n) is 5.99. The van der Waals surface area contributed by atoms with Gasteiger partial charge in [-0.2, -0.15) is 0 Å². The van der Waals surface area contributed by atoms with Crippen molar-refractivity contribution >= 4 is 21.8 Å². The topological polar surface area (TPSA) is 54.3 Å². The van der Waals surface area contributed by atoms with E-state index < -0.39 is 0 Å². The van der Waals surface area contributed by atoms with E-state index >= 15 is 0 Å². The maximum Gasteiger partial charge on any atom is 0.268 e. The Morgan fingerprint density at radius 1 is 1.56 bits per heavy atom. The lowest BCUT2D eigenvalue weighted by molar-refractivity contribution is 0.0877. The zero-order valence-electron chi connectivity index (χ0n) is 11.3. The van der Waals surface area contributed by atoms with Gasteiger partial charge in [-0.15, -0.1) is 0 Å². The molecule has 0 saturated heterocycles.